The molecule has 35 heavy (non-hydrogen) atoms. The Bertz CT molecular complexity index is 1430. The van der Waals surface area contributed by atoms with Gasteiger partial charge in [0.15, 0.2) is 5.13 Å². The lowest BCUT2D eigenvalue weighted by Crippen LogP contribution is -2.37. The molecule has 182 valence electrons. The van der Waals surface area contributed by atoms with Crippen molar-refractivity contribution >= 4 is 48.3 Å². The molecule has 1 amide bonds. The molecule has 0 bridgehead atoms. The van der Waals surface area contributed by atoms with Gasteiger partial charge in [-0.15, -0.1) is 0 Å². The number of amides is 1. The Morgan fingerprint density at radius 3 is 2.31 bits per heavy atom. The number of aromatic nitrogens is 1. The van der Waals surface area contributed by atoms with Crippen LogP contribution in [0.25, 0.3) is 10.2 Å². The van der Waals surface area contributed by atoms with Gasteiger partial charge in [-0.25, -0.2) is 13.4 Å². The summed E-state index contributed by atoms with van der Waals surface area (Å²) in [5.74, 6) is -0.314. The number of rotatable bonds is 8. The predicted octanol–water partition coefficient (Wildman–Crippen LogP) is 4.92. The van der Waals surface area contributed by atoms with E-state index in [1.54, 1.807) is 47.4 Å². The molecule has 4 rings (SSSR count). The monoisotopic (exact) mass is 508 g/mol. The molecule has 1 N–H and O–H groups in total. The number of anilines is 2. The van der Waals surface area contributed by atoms with E-state index < -0.39 is 10.0 Å². The van der Waals surface area contributed by atoms with Crippen molar-refractivity contribution in [2.75, 3.05) is 36.8 Å². The maximum absolute atomic E-state index is 13.9. The number of likely N-dealkylation sites (N-methyl/N-ethyl adjacent to an activating group) is 1. The van der Waals surface area contributed by atoms with Crippen LogP contribution < -0.4 is 9.62 Å². The largest absolute Gasteiger partial charge is 0.308 e. The van der Waals surface area contributed by atoms with Gasteiger partial charge in [0, 0.05) is 13.1 Å². The lowest BCUT2D eigenvalue weighted by atomic mass is 10.1. The highest BCUT2D eigenvalue weighted by Crippen LogP contribution is 2.32. The summed E-state index contributed by atoms with van der Waals surface area (Å²) in [6.07, 6.45) is 0. The number of aryl methyl sites for hydroxylation is 2. The first-order valence-electron chi connectivity index (χ1n) is 11.2. The molecule has 1 aromatic heterocycles. The van der Waals surface area contributed by atoms with Crippen LogP contribution in [-0.4, -0.2) is 51.4 Å². The highest BCUT2D eigenvalue weighted by Gasteiger charge is 2.25. The second-order valence-electron chi connectivity index (χ2n) is 8.62. The van der Waals surface area contributed by atoms with Gasteiger partial charge < -0.3 is 4.90 Å². The van der Waals surface area contributed by atoms with Crippen molar-refractivity contribution in [3.8, 4) is 0 Å². The fraction of sp³-hybridized carbons (Fsp3) is 0.231. The average Bonchev–Trinajstić information content (AvgIpc) is 3.22. The summed E-state index contributed by atoms with van der Waals surface area (Å²) in [6.45, 7) is 5.12. The van der Waals surface area contributed by atoms with E-state index >= 15 is 0 Å². The number of hydrogen-bond donors (Lipinski definition) is 1. The van der Waals surface area contributed by atoms with E-state index in [0.717, 1.165) is 15.8 Å². The van der Waals surface area contributed by atoms with Gasteiger partial charge in [0.1, 0.15) is 0 Å². The van der Waals surface area contributed by atoms with E-state index in [0.29, 0.717) is 18.2 Å². The van der Waals surface area contributed by atoms with Crippen molar-refractivity contribution < 1.29 is 13.2 Å². The fourth-order valence-corrected chi connectivity index (χ4v) is 5.75. The van der Waals surface area contributed by atoms with E-state index in [1.165, 1.54) is 29.0 Å². The van der Waals surface area contributed by atoms with Crippen LogP contribution in [0.3, 0.4) is 0 Å². The minimum Gasteiger partial charge on any atom is -0.308 e. The number of fused-ring (bicyclic) bond motifs is 1. The van der Waals surface area contributed by atoms with Gasteiger partial charge in [0.2, 0.25) is 0 Å². The molecule has 0 fully saturated rings. The third-order valence-electron chi connectivity index (χ3n) is 5.69. The zero-order chi connectivity index (χ0) is 25.2. The van der Waals surface area contributed by atoms with E-state index in [1.807, 2.05) is 32.0 Å². The maximum Gasteiger partial charge on any atom is 0.262 e. The van der Waals surface area contributed by atoms with Gasteiger partial charge in [-0.2, -0.15) is 0 Å². The Balaban J connectivity index is 1.73. The van der Waals surface area contributed by atoms with E-state index in [9.17, 15) is 13.2 Å². The zero-order valence-corrected chi connectivity index (χ0v) is 21.8. The molecular weight excluding hydrogens is 480 g/mol. The molecule has 4 aromatic rings. The van der Waals surface area contributed by atoms with Crippen LogP contribution in [0.4, 0.5) is 10.8 Å². The summed E-state index contributed by atoms with van der Waals surface area (Å²) in [6, 6.07) is 18.9. The number of thiazole rings is 1. The van der Waals surface area contributed by atoms with Gasteiger partial charge >= 0.3 is 0 Å². The number of sulfonamides is 1. The van der Waals surface area contributed by atoms with Crippen LogP contribution in [0.15, 0.2) is 71.6 Å². The number of benzene rings is 3. The third kappa shape index (κ3) is 5.53. The van der Waals surface area contributed by atoms with Gasteiger partial charge in [0.05, 0.1) is 26.4 Å². The first-order chi connectivity index (χ1) is 16.7. The normalized spacial score (nSPS) is 11.7. The topological polar surface area (TPSA) is 82.6 Å². The summed E-state index contributed by atoms with van der Waals surface area (Å²) >= 11 is 1.46. The van der Waals surface area contributed by atoms with Crippen molar-refractivity contribution in [3.05, 3.63) is 83.4 Å². The van der Waals surface area contributed by atoms with Crippen LogP contribution in [0.1, 0.15) is 21.5 Å². The van der Waals surface area contributed by atoms with E-state index in [4.69, 9.17) is 4.98 Å². The number of nitrogens with one attached hydrogen (secondary N) is 1. The lowest BCUT2D eigenvalue weighted by Gasteiger charge is -2.23. The van der Waals surface area contributed by atoms with Gasteiger partial charge in [-0.05, 0) is 75.5 Å². The second kappa shape index (κ2) is 10.2. The number of carbonyl (C=O) groups excluding carboxylic acids is 1. The van der Waals surface area contributed by atoms with Gasteiger partial charge in [-0.1, -0.05) is 41.7 Å². The maximum atomic E-state index is 13.9. The quantitative estimate of drug-likeness (QED) is 0.365. The number of hydrogen-bond acceptors (Lipinski definition) is 6. The summed E-state index contributed by atoms with van der Waals surface area (Å²) in [5, 5.41) is 0.581. The van der Waals surface area contributed by atoms with Gasteiger partial charge in [0.25, 0.3) is 15.9 Å². The zero-order valence-electron chi connectivity index (χ0n) is 20.1. The molecule has 0 unspecified atom stereocenters. The molecule has 0 saturated carbocycles. The average molecular weight is 509 g/mol. The van der Waals surface area contributed by atoms with Crippen molar-refractivity contribution in [2.24, 2.45) is 0 Å². The fourth-order valence-electron chi connectivity index (χ4n) is 3.57. The molecule has 3 aromatic carbocycles. The molecule has 9 heteroatoms. The summed E-state index contributed by atoms with van der Waals surface area (Å²) in [7, 11) is 0.0228. The van der Waals surface area contributed by atoms with Crippen molar-refractivity contribution in [2.45, 2.75) is 18.7 Å². The summed E-state index contributed by atoms with van der Waals surface area (Å²) in [5.41, 5.74) is 3.64. The number of carbonyl (C=O) groups is 1. The molecule has 0 saturated heterocycles. The highest BCUT2D eigenvalue weighted by atomic mass is 32.2. The first kappa shape index (κ1) is 24.8. The smallest absolute Gasteiger partial charge is 0.262 e. The van der Waals surface area contributed by atoms with Crippen LogP contribution >= 0.6 is 11.3 Å². The summed E-state index contributed by atoms with van der Waals surface area (Å²) in [4.78, 5) is 22.4. The van der Waals surface area contributed by atoms with Crippen molar-refractivity contribution in [1.29, 1.82) is 0 Å². The van der Waals surface area contributed by atoms with Crippen molar-refractivity contribution in [1.82, 2.24) is 9.88 Å². The van der Waals surface area contributed by atoms with Gasteiger partial charge in [-0.3, -0.25) is 14.4 Å². The standard InChI is InChI=1S/C26H28N4O3S2/c1-18-16-23-24(17-19(18)2)34-26(27-23)30(15-14-29(3)4)25(31)21-12-8-9-13-22(21)28-35(32,33)20-10-6-5-7-11-20/h5-13,16-17,28H,14-15H2,1-4H3. The van der Waals surface area contributed by atoms with Crippen LogP contribution in [0.2, 0.25) is 0 Å². The van der Waals surface area contributed by atoms with Crippen LogP contribution in [-0.2, 0) is 10.0 Å². The Morgan fingerprint density at radius 1 is 0.943 bits per heavy atom. The molecule has 0 aliphatic rings. The third-order valence-corrected chi connectivity index (χ3v) is 8.12. The molecule has 1 heterocycles. The lowest BCUT2D eigenvalue weighted by molar-refractivity contribution is 0.0986. The Kier molecular flexibility index (Phi) is 7.20. The minimum absolute atomic E-state index is 0.128. The predicted molar refractivity (Wildman–Crippen MR) is 143 cm³/mol. The highest BCUT2D eigenvalue weighted by molar-refractivity contribution is 7.92. The Labute approximate surface area is 210 Å². The first-order valence-corrected chi connectivity index (χ1v) is 13.5. The Morgan fingerprint density at radius 2 is 1.60 bits per heavy atom. The van der Waals surface area contributed by atoms with Crippen LogP contribution in [0, 0.1) is 13.8 Å². The van der Waals surface area contributed by atoms with E-state index in [-0.39, 0.29) is 22.1 Å². The van der Waals surface area contributed by atoms with Crippen LogP contribution in [0.5, 0.6) is 0 Å². The Hall–Kier alpha value is -3.27. The molecular formula is C26H28N4O3S2. The SMILES string of the molecule is Cc1cc2nc(N(CCN(C)C)C(=O)c3ccccc3NS(=O)(=O)c3ccccc3)sc2cc1C. The second-order valence-corrected chi connectivity index (χ2v) is 11.3. The van der Waals surface area contributed by atoms with Crippen molar-refractivity contribution in [3.63, 3.8) is 0 Å². The number of nitrogens with zero attached hydrogens (tertiary/aromatic N) is 3. The molecule has 0 atom stereocenters. The molecule has 7 nitrogen and oxygen atoms in total. The van der Waals surface area contributed by atoms with E-state index in [2.05, 4.69) is 17.7 Å². The molecule has 0 radical (unpaired) electrons. The molecule has 0 aliphatic heterocycles. The summed E-state index contributed by atoms with van der Waals surface area (Å²) < 4.78 is 29.5. The molecule has 0 aliphatic carbocycles. The molecule has 0 spiro atoms. The minimum atomic E-state index is -3.86. The number of para-hydroxylation sites is 1.